The second kappa shape index (κ2) is 10.6. The number of methoxy groups -OCH3 is 1. The quantitative estimate of drug-likeness (QED) is 0.528. The van der Waals surface area contributed by atoms with Gasteiger partial charge in [-0.05, 0) is 42.5 Å². The van der Waals surface area contributed by atoms with Crippen molar-refractivity contribution < 1.29 is 35.8 Å². The van der Waals surface area contributed by atoms with Gasteiger partial charge in [-0.3, -0.25) is 9.10 Å². The summed E-state index contributed by atoms with van der Waals surface area (Å²) < 4.78 is 67.5. The van der Waals surface area contributed by atoms with E-state index in [0.29, 0.717) is 30.4 Å². The first-order chi connectivity index (χ1) is 16.0. The third-order valence-corrected chi connectivity index (χ3v) is 8.22. The van der Waals surface area contributed by atoms with Crippen LogP contribution in [0.25, 0.3) is 0 Å². The van der Waals surface area contributed by atoms with Crippen LogP contribution in [0, 0.1) is 0 Å². The second-order valence-electron chi connectivity index (χ2n) is 7.44. The molecule has 0 aromatic heterocycles. The Hall–Kier alpha value is -2.87. The van der Waals surface area contributed by atoms with Gasteiger partial charge >= 0.3 is 0 Å². The summed E-state index contributed by atoms with van der Waals surface area (Å²) >= 11 is 0. The number of carbonyl (C=O) groups excluding carboxylic acids is 1. The average Bonchev–Trinajstić information content (AvgIpc) is 2.82. The van der Waals surface area contributed by atoms with E-state index in [-0.39, 0.29) is 30.3 Å². The van der Waals surface area contributed by atoms with Gasteiger partial charge in [0.1, 0.15) is 11.5 Å². The fourth-order valence-electron chi connectivity index (χ4n) is 3.16. The third-order valence-electron chi connectivity index (χ3n) is 5.12. The number of ether oxygens (including phenoxy) is 3. The van der Waals surface area contributed by atoms with Crippen LogP contribution in [0.5, 0.6) is 11.5 Å². The number of morpholine rings is 1. The molecule has 0 aliphatic carbocycles. The lowest BCUT2D eigenvalue weighted by atomic mass is 10.3. The first kappa shape index (κ1) is 25.7. The van der Waals surface area contributed by atoms with Crippen molar-refractivity contribution in [1.82, 2.24) is 4.31 Å². The summed E-state index contributed by atoms with van der Waals surface area (Å²) in [7, 11) is -4.31. The van der Waals surface area contributed by atoms with Gasteiger partial charge in [0, 0.05) is 20.1 Å². The molecule has 3 rings (SSSR count). The Labute approximate surface area is 199 Å². The maximum Gasteiger partial charge on any atom is 0.262 e. The van der Waals surface area contributed by atoms with Gasteiger partial charge in [0.15, 0.2) is 6.61 Å². The van der Waals surface area contributed by atoms with Crippen molar-refractivity contribution in [2.24, 2.45) is 0 Å². The van der Waals surface area contributed by atoms with Crippen LogP contribution < -0.4 is 19.1 Å². The highest BCUT2D eigenvalue weighted by atomic mass is 32.2. The van der Waals surface area contributed by atoms with E-state index in [2.05, 4.69) is 5.32 Å². The molecule has 0 radical (unpaired) electrons. The van der Waals surface area contributed by atoms with Crippen LogP contribution in [0.1, 0.15) is 0 Å². The molecule has 2 aromatic carbocycles. The Balaban J connectivity index is 1.67. The van der Waals surface area contributed by atoms with Crippen LogP contribution in [0.4, 0.5) is 11.4 Å². The number of anilines is 2. The molecule has 1 N–H and O–H groups in total. The number of hydrogen-bond acceptors (Lipinski definition) is 8. The van der Waals surface area contributed by atoms with Gasteiger partial charge in [-0.25, -0.2) is 16.8 Å². The predicted octanol–water partition coefficient (Wildman–Crippen LogP) is 1.13. The number of rotatable bonds is 9. The van der Waals surface area contributed by atoms with Gasteiger partial charge in [0.2, 0.25) is 20.0 Å². The molecule has 2 aromatic rings. The number of amides is 1. The molecule has 1 saturated heterocycles. The zero-order valence-electron chi connectivity index (χ0n) is 19.1. The van der Waals surface area contributed by atoms with E-state index in [1.165, 1.54) is 36.7 Å². The Bertz CT molecular complexity index is 1230. The Morgan fingerprint density at radius 1 is 1.09 bits per heavy atom. The van der Waals surface area contributed by atoms with E-state index in [1.807, 2.05) is 0 Å². The van der Waals surface area contributed by atoms with Crippen molar-refractivity contribution in [3.8, 4) is 11.5 Å². The topological polar surface area (TPSA) is 132 Å². The molecule has 186 valence electrons. The minimum atomic E-state index is -3.75. The normalized spacial score (nSPS) is 14.9. The maximum atomic E-state index is 12.9. The molecule has 1 heterocycles. The summed E-state index contributed by atoms with van der Waals surface area (Å²) in [5.74, 6) is 0.121. The molecule has 1 fully saturated rings. The van der Waals surface area contributed by atoms with Gasteiger partial charge in [0.25, 0.3) is 5.91 Å². The van der Waals surface area contributed by atoms with Crippen molar-refractivity contribution in [2.45, 2.75) is 4.90 Å². The van der Waals surface area contributed by atoms with Crippen LogP contribution in [0.3, 0.4) is 0 Å². The second-order valence-corrected chi connectivity index (χ2v) is 11.4. The third kappa shape index (κ3) is 6.17. The number of nitrogens with one attached hydrogen (secondary N) is 1. The number of sulfonamides is 2. The molecule has 0 saturated carbocycles. The van der Waals surface area contributed by atoms with Gasteiger partial charge < -0.3 is 19.5 Å². The zero-order valence-corrected chi connectivity index (χ0v) is 20.7. The molecule has 0 unspecified atom stereocenters. The molecule has 0 atom stereocenters. The van der Waals surface area contributed by atoms with E-state index in [1.54, 1.807) is 24.3 Å². The van der Waals surface area contributed by atoms with Crippen LogP contribution in [0.15, 0.2) is 47.4 Å². The van der Waals surface area contributed by atoms with E-state index in [0.717, 1.165) is 10.6 Å². The van der Waals surface area contributed by atoms with Crippen molar-refractivity contribution in [1.29, 1.82) is 0 Å². The minimum Gasteiger partial charge on any atom is -0.495 e. The van der Waals surface area contributed by atoms with E-state index >= 15 is 0 Å². The molecule has 0 spiro atoms. The van der Waals surface area contributed by atoms with Crippen LogP contribution in [0.2, 0.25) is 0 Å². The van der Waals surface area contributed by atoms with Crippen molar-refractivity contribution >= 4 is 37.3 Å². The summed E-state index contributed by atoms with van der Waals surface area (Å²) in [6, 6.07) is 10.4. The summed E-state index contributed by atoms with van der Waals surface area (Å²) in [5, 5.41) is 2.61. The Morgan fingerprint density at radius 2 is 1.74 bits per heavy atom. The minimum absolute atomic E-state index is 0.0250. The van der Waals surface area contributed by atoms with Crippen LogP contribution >= 0.6 is 0 Å². The number of carbonyl (C=O) groups is 1. The number of benzene rings is 2. The highest BCUT2D eigenvalue weighted by Crippen LogP contribution is 2.29. The number of hydrogen-bond donors (Lipinski definition) is 1. The van der Waals surface area contributed by atoms with Crippen molar-refractivity contribution in [3.63, 3.8) is 0 Å². The molecule has 1 aliphatic rings. The van der Waals surface area contributed by atoms with Crippen molar-refractivity contribution in [2.75, 3.05) is 62.9 Å². The van der Waals surface area contributed by atoms with Crippen molar-refractivity contribution in [3.05, 3.63) is 42.5 Å². The first-order valence-corrected chi connectivity index (χ1v) is 13.5. The largest absolute Gasteiger partial charge is 0.495 e. The first-order valence-electron chi connectivity index (χ1n) is 10.2. The SMILES string of the molecule is COc1ccc(S(=O)(=O)N2CCOCC2)cc1NC(=O)COc1ccc(N(C)S(C)(=O)=O)cc1. The maximum absolute atomic E-state index is 12.9. The molecule has 13 heteroatoms. The lowest BCUT2D eigenvalue weighted by Gasteiger charge is -2.26. The van der Waals surface area contributed by atoms with Gasteiger partial charge in [-0.2, -0.15) is 4.31 Å². The predicted molar refractivity (Wildman–Crippen MR) is 126 cm³/mol. The summed E-state index contributed by atoms with van der Waals surface area (Å²) in [6.45, 7) is 0.792. The monoisotopic (exact) mass is 513 g/mol. The Morgan fingerprint density at radius 3 is 2.32 bits per heavy atom. The smallest absolute Gasteiger partial charge is 0.262 e. The molecule has 0 bridgehead atoms. The fourth-order valence-corrected chi connectivity index (χ4v) is 5.10. The summed E-state index contributed by atoms with van der Waals surface area (Å²) in [4.78, 5) is 12.5. The van der Waals surface area contributed by atoms with Gasteiger partial charge in [-0.1, -0.05) is 0 Å². The summed E-state index contributed by atoms with van der Waals surface area (Å²) in [5.41, 5.74) is 0.637. The zero-order chi connectivity index (χ0) is 24.9. The fraction of sp³-hybridized carbons (Fsp3) is 0.381. The van der Waals surface area contributed by atoms with Gasteiger partial charge in [0.05, 0.1) is 42.8 Å². The van der Waals surface area contributed by atoms with Gasteiger partial charge in [-0.15, -0.1) is 0 Å². The number of nitrogens with zero attached hydrogens (tertiary/aromatic N) is 2. The molecular formula is C21H27N3O8S2. The standard InChI is InChI=1S/C21H27N3O8S2/c1-23(33(3,26)27)16-4-6-17(7-5-16)32-15-21(25)22-19-14-18(8-9-20(19)30-2)34(28,29)24-10-12-31-13-11-24/h4-9,14H,10-13,15H2,1-3H3,(H,22,25). The molecular weight excluding hydrogens is 486 g/mol. The van der Waals surface area contributed by atoms with E-state index in [4.69, 9.17) is 14.2 Å². The van der Waals surface area contributed by atoms with Crippen LogP contribution in [-0.2, 0) is 29.6 Å². The average molecular weight is 514 g/mol. The highest BCUT2D eigenvalue weighted by Gasteiger charge is 2.27. The summed E-state index contributed by atoms with van der Waals surface area (Å²) in [6.07, 6.45) is 1.09. The molecule has 11 nitrogen and oxygen atoms in total. The molecule has 1 aliphatic heterocycles. The van der Waals surface area contributed by atoms with E-state index < -0.39 is 26.0 Å². The highest BCUT2D eigenvalue weighted by molar-refractivity contribution is 7.92. The lowest BCUT2D eigenvalue weighted by molar-refractivity contribution is -0.118. The van der Waals surface area contributed by atoms with E-state index in [9.17, 15) is 21.6 Å². The van der Waals surface area contributed by atoms with Crippen LogP contribution in [-0.4, -0.2) is 80.4 Å². The Kier molecular flexibility index (Phi) is 8.02. The molecule has 34 heavy (non-hydrogen) atoms. The lowest BCUT2D eigenvalue weighted by Crippen LogP contribution is -2.40. The molecule has 1 amide bonds.